The number of carbonyl (C=O) groups is 3. The summed E-state index contributed by atoms with van der Waals surface area (Å²) in [5.41, 5.74) is 0.918. The van der Waals surface area contributed by atoms with E-state index < -0.39 is 30.9 Å². The lowest BCUT2D eigenvalue weighted by Crippen LogP contribution is -2.49. The minimum absolute atomic E-state index is 0.0627. The molecule has 0 bridgehead atoms. The molecule has 2 heterocycles. The van der Waals surface area contributed by atoms with E-state index in [2.05, 4.69) is 0 Å². The van der Waals surface area contributed by atoms with Gasteiger partial charge in [0, 0.05) is 0 Å². The molecule has 2 aliphatic heterocycles. The number of hydrogen-bond donors (Lipinski definition) is 0. The minimum Gasteiger partial charge on any atom is -0.498 e. The molecule has 2 atom stereocenters. The first-order valence-electron chi connectivity index (χ1n) is 7.80. The number of aldehydes is 1. The smallest absolute Gasteiger partial charge is 0.498 e. The number of fused-ring (bicyclic) bond motifs is 1. The molecule has 2 fully saturated rings. The van der Waals surface area contributed by atoms with E-state index >= 15 is 0 Å². The Morgan fingerprint density at radius 3 is 2.78 bits per heavy atom. The van der Waals surface area contributed by atoms with Crippen LogP contribution < -0.4 is 0 Å². The van der Waals surface area contributed by atoms with E-state index in [0.29, 0.717) is 25.7 Å². The molecule has 6 nitrogen and oxygen atoms in total. The first-order valence-corrected chi connectivity index (χ1v) is 7.80. The molecule has 0 radical (unpaired) electrons. The summed E-state index contributed by atoms with van der Waals surface area (Å²) in [5, 5.41) is 0. The molecule has 3 rings (SSSR count). The van der Waals surface area contributed by atoms with Crippen molar-refractivity contribution in [1.82, 2.24) is 4.90 Å². The second-order valence-electron chi connectivity index (χ2n) is 5.91. The maximum absolute atomic E-state index is 12.3. The minimum atomic E-state index is -1.16. The first kappa shape index (κ1) is 15.7. The van der Waals surface area contributed by atoms with E-state index in [1.54, 1.807) is 4.90 Å². The van der Waals surface area contributed by atoms with Crippen LogP contribution in [0.3, 0.4) is 0 Å². The molecule has 0 N–H and O–H groups in total. The fraction of sp³-hybridized carbons (Fsp3) is 0.438. The summed E-state index contributed by atoms with van der Waals surface area (Å²) in [6.45, 7) is 0.744. The molecule has 0 saturated carbocycles. The Morgan fingerprint density at radius 1 is 1.26 bits per heavy atom. The van der Waals surface area contributed by atoms with Crippen molar-refractivity contribution in [2.45, 2.75) is 31.1 Å². The highest BCUT2D eigenvalue weighted by Crippen LogP contribution is 2.24. The summed E-state index contributed by atoms with van der Waals surface area (Å²) in [7, 11) is -1.16. The van der Waals surface area contributed by atoms with Crippen molar-refractivity contribution in [1.29, 1.82) is 0 Å². The molecule has 0 aliphatic carbocycles. The number of hydrogen-bond acceptors (Lipinski definition) is 6. The SMILES string of the molecule is O=CC(Cc1ccccc1)B1OC(=O)CN2CCC[C@H]2C(=O)O1. The van der Waals surface area contributed by atoms with Crippen LogP contribution in [0, 0.1) is 0 Å². The maximum atomic E-state index is 12.3. The van der Waals surface area contributed by atoms with Gasteiger partial charge in [-0.2, -0.15) is 0 Å². The van der Waals surface area contributed by atoms with Crippen molar-refractivity contribution in [2.75, 3.05) is 13.1 Å². The van der Waals surface area contributed by atoms with E-state index in [-0.39, 0.29) is 6.54 Å². The summed E-state index contributed by atoms with van der Waals surface area (Å²) in [6, 6.07) is 8.95. The zero-order valence-electron chi connectivity index (χ0n) is 12.7. The zero-order chi connectivity index (χ0) is 16.2. The third-order valence-electron chi connectivity index (χ3n) is 4.29. The van der Waals surface area contributed by atoms with Crippen LogP contribution in [0.15, 0.2) is 30.3 Å². The highest BCUT2D eigenvalue weighted by Gasteiger charge is 2.44. The van der Waals surface area contributed by atoms with E-state index in [1.165, 1.54) is 0 Å². The van der Waals surface area contributed by atoms with Gasteiger partial charge in [-0.15, -0.1) is 0 Å². The van der Waals surface area contributed by atoms with Gasteiger partial charge in [-0.05, 0) is 31.4 Å². The van der Waals surface area contributed by atoms with Crippen LogP contribution >= 0.6 is 0 Å². The average molecular weight is 315 g/mol. The molecule has 2 saturated heterocycles. The third-order valence-corrected chi connectivity index (χ3v) is 4.29. The molecule has 0 amide bonds. The largest absolute Gasteiger partial charge is 0.609 e. The van der Waals surface area contributed by atoms with Crippen molar-refractivity contribution in [3.63, 3.8) is 0 Å². The molecule has 0 spiro atoms. The molecular weight excluding hydrogens is 297 g/mol. The summed E-state index contributed by atoms with van der Waals surface area (Å²) < 4.78 is 10.6. The molecule has 2 aliphatic rings. The first-order chi connectivity index (χ1) is 11.2. The Kier molecular flexibility index (Phi) is 4.76. The summed E-state index contributed by atoms with van der Waals surface area (Å²) in [6.07, 6.45) is 2.55. The summed E-state index contributed by atoms with van der Waals surface area (Å²) in [5.74, 6) is -1.59. The van der Waals surface area contributed by atoms with Gasteiger partial charge in [0.2, 0.25) is 0 Å². The number of rotatable bonds is 4. The zero-order valence-corrected chi connectivity index (χ0v) is 12.7. The van der Waals surface area contributed by atoms with Gasteiger partial charge in [-0.1, -0.05) is 30.3 Å². The average Bonchev–Trinajstić information content (AvgIpc) is 2.99. The molecule has 23 heavy (non-hydrogen) atoms. The molecule has 1 aromatic carbocycles. The Labute approximate surface area is 134 Å². The molecular formula is C16H18BNO5. The number of benzene rings is 1. The second-order valence-corrected chi connectivity index (χ2v) is 5.91. The lowest BCUT2D eigenvalue weighted by molar-refractivity contribution is -0.149. The standard InChI is InChI=1S/C16H18BNO5/c19-11-13(9-12-5-2-1-3-6-12)17-22-15(20)10-18-8-4-7-14(18)16(21)23-17/h1-3,5-6,11,13-14H,4,7-10H2/t13?,14-/m0/s1. The Bertz CT molecular complexity index is 593. The Balaban J connectivity index is 1.75. The van der Waals surface area contributed by atoms with Crippen molar-refractivity contribution in [2.24, 2.45) is 0 Å². The number of carbonyl (C=O) groups excluding carboxylic acids is 3. The molecule has 0 aromatic heterocycles. The molecule has 120 valence electrons. The third kappa shape index (κ3) is 3.61. The fourth-order valence-electron chi connectivity index (χ4n) is 3.10. The van der Waals surface area contributed by atoms with Crippen LogP contribution in [0.2, 0.25) is 5.82 Å². The van der Waals surface area contributed by atoms with Crippen molar-refractivity contribution < 1.29 is 23.7 Å². The van der Waals surface area contributed by atoms with Crippen LogP contribution in [0.25, 0.3) is 0 Å². The normalized spacial score (nSPS) is 23.3. The van der Waals surface area contributed by atoms with Crippen molar-refractivity contribution in [3.8, 4) is 0 Å². The van der Waals surface area contributed by atoms with E-state index in [0.717, 1.165) is 12.0 Å². The molecule has 1 aromatic rings. The van der Waals surface area contributed by atoms with Gasteiger partial charge in [0.1, 0.15) is 12.3 Å². The van der Waals surface area contributed by atoms with Crippen LogP contribution in [0.5, 0.6) is 0 Å². The van der Waals surface area contributed by atoms with Gasteiger partial charge < -0.3 is 14.1 Å². The van der Waals surface area contributed by atoms with Crippen LogP contribution in [-0.4, -0.2) is 49.4 Å². The summed E-state index contributed by atoms with van der Waals surface area (Å²) >= 11 is 0. The van der Waals surface area contributed by atoms with Crippen molar-refractivity contribution >= 4 is 25.3 Å². The van der Waals surface area contributed by atoms with E-state index in [4.69, 9.17) is 9.31 Å². The highest BCUT2D eigenvalue weighted by atomic mass is 16.6. The van der Waals surface area contributed by atoms with Gasteiger partial charge in [-0.25, -0.2) is 0 Å². The van der Waals surface area contributed by atoms with Gasteiger partial charge in [0.15, 0.2) is 0 Å². The monoisotopic (exact) mass is 315 g/mol. The van der Waals surface area contributed by atoms with Gasteiger partial charge in [0.25, 0.3) is 0 Å². The second kappa shape index (κ2) is 6.96. The van der Waals surface area contributed by atoms with Crippen LogP contribution in [-0.2, 0) is 30.1 Å². The molecule has 7 heteroatoms. The van der Waals surface area contributed by atoms with E-state index in [1.807, 2.05) is 30.3 Å². The van der Waals surface area contributed by atoms with Crippen LogP contribution in [0.1, 0.15) is 18.4 Å². The van der Waals surface area contributed by atoms with Crippen LogP contribution in [0.4, 0.5) is 0 Å². The topological polar surface area (TPSA) is 72.9 Å². The van der Waals surface area contributed by atoms with Gasteiger partial charge in [0.05, 0.1) is 12.4 Å². The predicted molar refractivity (Wildman–Crippen MR) is 82.5 cm³/mol. The summed E-state index contributed by atoms with van der Waals surface area (Å²) in [4.78, 5) is 37.5. The van der Waals surface area contributed by atoms with Crippen molar-refractivity contribution in [3.05, 3.63) is 35.9 Å². The fourth-order valence-corrected chi connectivity index (χ4v) is 3.10. The van der Waals surface area contributed by atoms with Gasteiger partial charge in [-0.3, -0.25) is 14.5 Å². The van der Waals surface area contributed by atoms with E-state index in [9.17, 15) is 14.4 Å². The molecule has 1 unspecified atom stereocenters. The number of nitrogens with zero attached hydrogens (tertiary/aromatic N) is 1. The Hall–Kier alpha value is -2.15. The maximum Gasteiger partial charge on any atom is 0.609 e. The predicted octanol–water partition coefficient (Wildman–Crippen LogP) is 0.851. The Morgan fingerprint density at radius 2 is 2.04 bits per heavy atom. The lowest BCUT2D eigenvalue weighted by Gasteiger charge is -2.28. The lowest BCUT2D eigenvalue weighted by atomic mass is 9.69. The van der Waals surface area contributed by atoms with Gasteiger partial charge >= 0.3 is 19.1 Å². The quantitative estimate of drug-likeness (QED) is 0.606. The highest BCUT2D eigenvalue weighted by molar-refractivity contribution is 6.54.